The minimum absolute atomic E-state index is 0.239. The van der Waals surface area contributed by atoms with E-state index in [0.29, 0.717) is 0 Å². The molecule has 1 aromatic carbocycles. The van der Waals surface area contributed by atoms with Crippen LogP contribution in [0.5, 0.6) is 0 Å². The van der Waals surface area contributed by atoms with Crippen molar-refractivity contribution in [3.05, 3.63) is 46.3 Å². The summed E-state index contributed by atoms with van der Waals surface area (Å²) in [7, 11) is 1.40. The Labute approximate surface area is 119 Å². The molecule has 4 heteroatoms. The topological polar surface area (TPSA) is 44.1 Å². The molecular weight excluding hydrogens is 252 g/mol. The van der Waals surface area contributed by atoms with Crippen LogP contribution in [0.4, 0.5) is 0 Å². The number of esters is 1. The number of benzene rings is 1. The van der Waals surface area contributed by atoms with E-state index in [2.05, 4.69) is 37.1 Å². The number of hydrogen-bond acceptors (Lipinski definition) is 3. The number of carbonyl (C=O) groups excluding carboxylic acids is 1. The smallest absolute Gasteiger partial charge is 0.310 e. The van der Waals surface area contributed by atoms with Gasteiger partial charge in [0, 0.05) is 11.3 Å². The molecule has 0 unspecified atom stereocenters. The lowest BCUT2D eigenvalue weighted by molar-refractivity contribution is -0.139. The Balaban J connectivity index is 2.51. The van der Waals surface area contributed by atoms with Gasteiger partial charge in [0.15, 0.2) is 0 Å². The van der Waals surface area contributed by atoms with Crippen LogP contribution >= 0.6 is 0 Å². The number of methoxy groups -OCH3 is 1. The molecule has 2 aromatic rings. The highest BCUT2D eigenvalue weighted by atomic mass is 16.5. The molecule has 0 amide bonds. The summed E-state index contributed by atoms with van der Waals surface area (Å²) in [5.41, 5.74) is 6.20. The van der Waals surface area contributed by atoms with Gasteiger partial charge in [0.1, 0.15) is 0 Å². The van der Waals surface area contributed by atoms with Gasteiger partial charge in [-0.3, -0.25) is 4.79 Å². The minimum atomic E-state index is -0.239. The summed E-state index contributed by atoms with van der Waals surface area (Å²) in [6, 6.07) is 6.28. The maximum atomic E-state index is 11.5. The van der Waals surface area contributed by atoms with Crippen molar-refractivity contribution < 1.29 is 9.53 Å². The molecule has 1 heterocycles. The molecule has 2 rings (SSSR count). The molecule has 0 atom stereocenters. The van der Waals surface area contributed by atoms with E-state index in [1.807, 2.05) is 18.5 Å². The van der Waals surface area contributed by atoms with E-state index < -0.39 is 0 Å². The van der Waals surface area contributed by atoms with E-state index >= 15 is 0 Å². The van der Waals surface area contributed by atoms with Crippen molar-refractivity contribution in [3.8, 4) is 5.69 Å². The van der Waals surface area contributed by atoms with Crippen LogP contribution in [-0.2, 0) is 16.0 Å². The first-order valence-electron chi connectivity index (χ1n) is 6.63. The van der Waals surface area contributed by atoms with Gasteiger partial charge >= 0.3 is 5.97 Å². The number of aromatic nitrogens is 2. The van der Waals surface area contributed by atoms with Gasteiger partial charge in [-0.1, -0.05) is 12.1 Å². The van der Waals surface area contributed by atoms with Crippen molar-refractivity contribution in [1.82, 2.24) is 9.78 Å². The van der Waals surface area contributed by atoms with Crippen LogP contribution in [0.15, 0.2) is 18.2 Å². The monoisotopic (exact) mass is 272 g/mol. The van der Waals surface area contributed by atoms with Crippen molar-refractivity contribution in [2.24, 2.45) is 0 Å². The molecule has 0 saturated carbocycles. The third-order valence-corrected chi connectivity index (χ3v) is 3.58. The maximum Gasteiger partial charge on any atom is 0.310 e. The van der Waals surface area contributed by atoms with E-state index in [0.717, 1.165) is 28.2 Å². The van der Waals surface area contributed by atoms with Crippen molar-refractivity contribution in [1.29, 1.82) is 0 Å². The first kappa shape index (κ1) is 14.3. The zero-order chi connectivity index (χ0) is 14.9. The van der Waals surface area contributed by atoms with Crippen LogP contribution in [0, 0.1) is 27.7 Å². The van der Waals surface area contributed by atoms with Crippen molar-refractivity contribution in [3.63, 3.8) is 0 Å². The van der Waals surface area contributed by atoms with Gasteiger partial charge in [-0.15, -0.1) is 0 Å². The lowest BCUT2D eigenvalue weighted by atomic mass is 10.1. The van der Waals surface area contributed by atoms with E-state index in [9.17, 15) is 4.79 Å². The summed E-state index contributed by atoms with van der Waals surface area (Å²) < 4.78 is 6.66. The van der Waals surface area contributed by atoms with Gasteiger partial charge < -0.3 is 4.74 Å². The predicted octanol–water partition coefficient (Wildman–Crippen LogP) is 2.82. The molecule has 0 bridgehead atoms. The van der Waals surface area contributed by atoms with E-state index in [-0.39, 0.29) is 12.4 Å². The van der Waals surface area contributed by atoms with Gasteiger partial charge in [0.25, 0.3) is 0 Å². The molecule has 0 fully saturated rings. The van der Waals surface area contributed by atoms with Crippen LogP contribution in [0.25, 0.3) is 5.69 Å². The zero-order valence-electron chi connectivity index (χ0n) is 12.7. The average molecular weight is 272 g/mol. The fourth-order valence-corrected chi connectivity index (χ4v) is 2.33. The lowest BCUT2D eigenvalue weighted by Gasteiger charge is -2.09. The zero-order valence-corrected chi connectivity index (χ0v) is 12.7. The number of nitrogens with zero attached hydrogens (tertiary/aromatic N) is 2. The van der Waals surface area contributed by atoms with Crippen LogP contribution in [0.1, 0.15) is 28.1 Å². The lowest BCUT2D eigenvalue weighted by Crippen LogP contribution is -2.07. The number of aryl methyl sites for hydroxylation is 3. The third-order valence-electron chi connectivity index (χ3n) is 3.58. The van der Waals surface area contributed by atoms with Crippen LogP contribution in [0.2, 0.25) is 0 Å². The SMILES string of the molecule is COC(=O)Cc1c(C)nn(-c2cc(C)ccc2C)c1C. The van der Waals surface area contributed by atoms with Gasteiger partial charge in [-0.25, -0.2) is 4.68 Å². The molecule has 20 heavy (non-hydrogen) atoms. The molecule has 0 N–H and O–H groups in total. The normalized spacial score (nSPS) is 10.7. The van der Waals surface area contributed by atoms with Crippen molar-refractivity contribution in [2.75, 3.05) is 7.11 Å². The maximum absolute atomic E-state index is 11.5. The summed E-state index contributed by atoms with van der Waals surface area (Å²) in [5.74, 6) is -0.239. The Morgan fingerprint density at radius 1 is 1.25 bits per heavy atom. The summed E-state index contributed by atoms with van der Waals surface area (Å²) >= 11 is 0. The molecule has 4 nitrogen and oxygen atoms in total. The molecule has 0 spiro atoms. The second kappa shape index (κ2) is 5.49. The molecule has 0 aliphatic rings. The fourth-order valence-electron chi connectivity index (χ4n) is 2.33. The van der Waals surface area contributed by atoms with E-state index in [1.54, 1.807) is 0 Å². The van der Waals surface area contributed by atoms with Crippen molar-refractivity contribution >= 4 is 5.97 Å². The average Bonchev–Trinajstić information content (AvgIpc) is 2.69. The largest absolute Gasteiger partial charge is 0.469 e. The highest BCUT2D eigenvalue weighted by molar-refractivity contribution is 5.73. The summed E-state index contributed by atoms with van der Waals surface area (Å²) in [5, 5.41) is 4.58. The number of hydrogen-bond donors (Lipinski definition) is 0. The van der Waals surface area contributed by atoms with Crippen molar-refractivity contribution in [2.45, 2.75) is 34.1 Å². The minimum Gasteiger partial charge on any atom is -0.469 e. The summed E-state index contributed by atoms with van der Waals surface area (Å²) in [6.07, 6.45) is 0.263. The molecule has 0 saturated heterocycles. The Kier molecular flexibility index (Phi) is 3.93. The fraction of sp³-hybridized carbons (Fsp3) is 0.375. The van der Waals surface area contributed by atoms with Gasteiger partial charge in [-0.05, 0) is 44.9 Å². The quantitative estimate of drug-likeness (QED) is 0.807. The number of carbonyl (C=O) groups is 1. The van der Waals surface area contributed by atoms with Gasteiger partial charge in [-0.2, -0.15) is 5.10 Å². The predicted molar refractivity (Wildman–Crippen MR) is 78.2 cm³/mol. The summed E-state index contributed by atoms with van der Waals surface area (Å²) in [6.45, 7) is 8.03. The molecular formula is C16H20N2O2. The summed E-state index contributed by atoms with van der Waals surface area (Å²) in [4.78, 5) is 11.5. The van der Waals surface area contributed by atoms with E-state index in [1.165, 1.54) is 12.7 Å². The van der Waals surface area contributed by atoms with Crippen LogP contribution in [-0.4, -0.2) is 22.9 Å². The van der Waals surface area contributed by atoms with Crippen LogP contribution in [0.3, 0.4) is 0 Å². The Morgan fingerprint density at radius 2 is 1.95 bits per heavy atom. The van der Waals surface area contributed by atoms with E-state index in [4.69, 9.17) is 4.74 Å². The second-order valence-corrected chi connectivity index (χ2v) is 5.10. The molecule has 0 aliphatic heterocycles. The highest BCUT2D eigenvalue weighted by Gasteiger charge is 2.17. The van der Waals surface area contributed by atoms with Gasteiger partial charge in [0.2, 0.25) is 0 Å². The highest BCUT2D eigenvalue weighted by Crippen LogP contribution is 2.22. The molecule has 106 valence electrons. The first-order chi connectivity index (χ1) is 9.43. The molecule has 0 radical (unpaired) electrons. The Hall–Kier alpha value is -2.10. The molecule has 0 aliphatic carbocycles. The standard InChI is InChI=1S/C16H20N2O2/c1-10-6-7-11(2)15(8-10)18-13(4)14(12(3)17-18)9-16(19)20-5/h6-8H,9H2,1-5H3. The van der Waals surface area contributed by atoms with Gasteiger partial charge in [0.05, 0.1) is 24.9 Å². The van der Waals surface area contributed by atoms with Crippen LogP contribution < -0.4 is 0 Å². The third kappa shape index (κ3) is 2.59. The second-order valence-electron chi connectivity index (χ2n) is 5.10. The Bertz CT molecular complexity index is 657. The Morgan fingerprint density at radius 3 is 2.60 bits per heavy atom. The number of rotatable bonds is 3. The molecule has 1 aromatic heterocycles. The number of ether oxygens (including phenoxy) is 1. The first-order valence-corrected chi connectivity index (χ1v) is 6.63.